The van der Waals surface area contributed by atoms with E-state index in [2.05, 4.69) is 0 Å². The topological polar surface area (TPSA) is 17.1 Å². The summed E-state index contributed by atoms with van der Waals surface area (Å²) < 4.78 is 74.8. The van der Waals surface area contributed by atoms with Gasteiger partial charge in [-0.15, -0.1) is 11.6 Å². The van der Waals surface area contributed by atoms with E-state index in [1.54, 1.807) is 0 Å². The fourth-order valence-electron chi connectivity index (χ4n) is 1.37. The molecule has 0 N–H and O–H groups in total. The van der Waals surface area contributed by atoms with Crippen molar-refractivity contribution in [2.24, 2.45) is 0 Å². The number of benzene rings is 1. The third kappa shape index (κ3) is 4.59. The highest BCUT2D eigenvalue weighted by atomic mass is 35.5. The van der Waals surface area contributed by atoms with Crippen molar-refractivity contribution < 1.29 is 31.1 Å². The number of ketones is 1. The molecular formula is C11H7ClF6OS. The van der Waals surface area contributed by atoms with Crippen LogP contribution in [0, 0.1) is 0 Å². The van der Waals surface area contributed by atoms with Crippen molar-refractivity contribution in [3.8, 4) is 0 Å². The third-order valence-corrected chi connectivity index (χ3v) is 3.53. The largest absolute Gasteiger partial charge is 0.446 e. The fourth-order valence-corrected chi connectivity index (χ4v) is 2.25. The molecule has 0 aliphatic carbocycles. The molecular weight excluding hydrogens is 330 g/mol. The highest BCUT2D eigenvalue weighted by Crippen LogP contribution is 2.44. The second kappa shape index (κ2) is 5.85. The van der Waals surface area contributed by atoms with Crippen LogP contribution in [0.3, 0.4) is 0 Å². The molecule has 0 bridgehead atoms. The molecule has 1 aromatic carbocycles. The van der Waals surface area contributed by atoms with E-state index in [-0.39, 0.29) is 5.56 Å². The summed E-state index contributed by atoms with van der Waals surface area (Å²) in [4.78, 5) is 10.0. The quantitative estimate of drug-likeness (QED) is 0.429. The van der Waals surface area contributed by atoms with Crippen molar-refractivity contribution in [1.29, 1.82) is 0 Å². The number of carbonyl (C=O) groups excluding carboxylic acids is 1. The minimum atomic E-state index is -4.93. The van der Waals surface area contributed by atoms with E-state index < -0.39 is 45.1 Å². The van der Waals surface area contributed by atoms with Gasteiger partial charge in [-0.05, 0) is 36.4 Å². The highest BCUT2D eigenvalue weighted by Gasteiger charge is 2.38. The lowest BCUT2D eigenvalue weighted by Gasteiger charge is -2.16. The van der Waals surface area contributed by atoms with Crippen LogP contribution in [0.2, 0.25) is 0 Å². The Morgan fingerprint density at radius 2 is 1.75 bits per heavy atom. The summed E-state index contributed by atoms with van der Waals surface area (Å²) >= 11 is 4.74. The zero-order valence-electron chi connectivity index (χ0n) is 9.77. The first kappa shape index (κ1) is 17.2. The van der Waals surface area contributed by atoms with Crippen molar-refractivity contribution in [3.63, 3.8) is 0 Å². The number of thioether (sulfide) groups is 1. The van der Waals surface area contributed by atoms with Crippen LogP contribution in [-0.4, -0.2) is 11.3 Å². The zero-order valence-corrected chi connectivity index (χ0v) is 11.3. The first-order chi connectivity index (χ1) is 8.92. The highest BCUT2D eigenvalue weighted by molar-refractivity contribution is 8.00. The molecule has 0 saturated heterocycles. The molecule has 0 aliphatic heterocycles. The Bertz CT molecular complexity index is 511. The monoisotopic (exact) mass is 336 g/mol. The summed E-state index contributed by atoms with van der Waals surface area (Å²) in [5.41, 5.74) is -6.41. The Labute approximate surface area is 119 Å². The lowest BCUT2D eigenvalue weighted by Crippen LogP contribution is -2.11. The molecule has 1 atom stereocenters. The predicted molar refractivity (Wildman–Crippen MR) is 62.6 cm³/mol. The lowest BCUT2D eigenvalue weighted by atomic mass is 10.1. The van der Waals surface area contributed by atoms with Crippen LogP contribution in [0.5, 0.6) is 0 Å². The number of halogens is 7. The molecule has 0 saturated carbocycles. The summed E-state index contributed by atoms with van der Waals surface area (Å²) in [6.07, 6.45) is -4.93. The minimum Gasteiger partial charge on any atom is -0.298 e. The first-order valence-corrected chi connectivity index (χ1v) is 6.28. The van der Waals surface area contributed by atoms with Crippen molar-refractivity contribution >= 4 is 29.1 Å². The van der Waals surface area contributed by atoms with Gasteiger partial charge in [-0.2, -0.15) is 26.3 Å². The molecule has 1 nitrogen and oxygen atoms in total. The van der Waals surface area contributed by atoms with Gasteiger partial charge in [0.05, 0.1) is 5.56 Å². The Morgan fingerprint density at radius 3 is 2.15 bits per heavy atom. The normalized spacial score (nSPS) is 14.2. The second-order valence-electron chi connectivity index (χ2n) is 3.77. The van der Waals surface area contributed by atoms with Crippen molar-refractivity contribution in [1.82, 2.24) is 0 Å². The number of Topliss-reactive ketones (excluding diaryl/α,β-unsaturated/α-hetero) is 1. The second-order valence-corrected chi connectivity index (χ2v) is 5.32. The van der Waals surface area contributed by atoms with Crippen LogP contribution < -0.4 is 0 Å². The fraction of sp³-hybridized carbons (Fsp3) is 0.364. The molecule has 0 fully saturated rings. The van der Waals surface area contributed by atoms with Gasteiger partial charge in [-0.1, -0.05) is 6.07 Å². The molecule has 112 valence electrons. The average molecular weight is 337 g/mol. The summed E-state index contributed by atoms with van der Waals surface area (Å²) in [6, 6.07) is 2.02. The number of hydrogen-bond donors (Lipinski definition) is 0. The minimum absolute atomic E-state index is 0.112. The Kier molecular flexibility index (Phi) is 5.02. The van der Waals surface area contributed by atoms with E-state index in [4.69, 9.17) is 11.6 Å². The average Bonchev–Trinajstić information content (AvgIpc) is 2.23. The molecule has 0 aliphatic rings. The molecule has 0 spiro atoms. The smallest absolute Gasteiger partial charge is 0.298 e. The predicted octanol–water partition coefficient (Wildman–Crippen LogP) is 5.19. The Hall–Kier alpha value is -0.890. The van der Waals surface area contributed by atoms with Gasteiger partial charge in [-0.3, -0.25) is 4.79 Å². The molecule has 0 heterocycles. The van der Waals surface area contributed by atoms with E-state index in [1.807, 2.05) is 0 Å². The van der Waals surface area contributed by atoms with Gasteiger partial charge < -0.3 is 0 Å². The summed E-state index contributed by atoms with van der Waals surface area (Å²) in [6.45, 7) is 1.09. The molecule has 1 unspecified atom stereocenters. The molecule has 1 aromatic rings. The number of rotatable bonds is 3. The summed E-state index contributed by atoms with van der Waals surface area (Å²) in [5.74, 6) is -0.575. The summed E-state index contributed by atoms with van der Waals surface area (Å²) in [5, 5.41) is -1.29. The van der Waals surface area contributed by atoms with Gasteiger partial charge in [0, 0.05) is 4.90 Å². The number of carbonyl (C=O) groups is 1. The maximum absolute atomic E-state index is 12.6. The number of hydrogen-bond acceptors (Lipinski definition) is 2. The molecule has 0 radical (unpaired) electrons. The molecule has 0 amide bonds. The maximum Gasteiger partial charge on any atom is 0.446 e. The van der Waals surface area contributed by atoms with Crippen LogP contribution in [0.4, 0.5) is 26.3 Å². The van der Waals surface area contributed by atoms with Crippen LogP contribution in [0.1, 0.15) is 23.4 Å². The van der Waals surface area contributed by atoms with Crippen LogP contribution in [0.15, 0.2) is 23.1 Å². The van der Waals surface area contributed by atoms with Gasteiger partial charge in [-0.25, -0.2) is 0 Å². The van der Waals surface area contributed by atoms with Gasteiger partial charge in [0.2, 0.25) is 0 Å². The first-order valence-electron chi connectivity index (χ1n) is 5.03. The van der Waals surface area contributed by atoms with Gasteiger partial charge in [0.25, 0.3) is 0 Å². The Balaban J connectivity index is 3.32. The van der Waals surface area contributed by atoms with Crippen LogP contribution in [-0.2, 0) is 11.0 Å². The molecule has 1 rings (SSSR count). The van der Waals surface area contributed by atoms with Crippen molar-refractivity contribution in [2.75, 3.05) is 0 Å². The zero-order chi connectivity index (χ0) is 15.7. The van der Waals surface area contributed by atoms with Crippen LogP contribution >= 0.6 is 23.4 Å². The van der Waals surface area contributed by atoms with Gasteiger partial charge in [0.15, 0.2) is 5.78 Å². The van der Waals surface area contributed by atoms with Crippen molar-refractivity contribution in [2.45, 2.75) is 28.9 Å². The maximum atomic E-state index is 12.6. The standard InChI is InChI=1S/C11H7ClF6OS/c1-5(19)9(12)6-2-3-7(10(13,14)15)8(4-6)20-11(16,17)18/h2-4,9H,1H3. The SMILES string of the molecule is CC(=O)C(Cl)c1ccc(C(F)(F)F)c(SC(F)(F)F)c1. The Morgan fingerprint density at radius 1 is 1.20 bits per heavy atom. The lowest BCUT2D eigenvalue weighted by molar-refractivity contribution is -0.139. The molecule has 0 aromatic heterocycles. The van der Waals surface area contributed by atoms with Crippen molar-refractivity contribution in [3.05, 3.63) is 29.3 Å². The van der Waals surface area contributed by atoms with E-state index in [0.717, 1.165) is 13.0 Å². The van der Waals surface area contributed by atoms with Gasteiger partial charge >= 0.3 is 11.7 Å². The van der Waals surface area contributed by atoms with E-state index in [0.29, 0.717) is 12.1 Å². The van der Waals surface area contributed by atoms with E-state index in [1.165, 1.54) is 0 Å². The van der Waals surface area contributed by atoms with Gasteiger partial charge in [0.1, 0.15) is 5.38 Å². The molecule has 9 heteroatoms. The van der Waals surface area contributed by atoms with E-state index in [9.17, 15) is 31.1 Å². The summed E-state index contributed by atoms with van der Waals surface area (Å²) in [7, 11) is 0. The van der Waals surface area contributed by atoms with E-state index >= 15 is 0 Å². The molecule has 20 heavy (non-hydrogen) atoms. The number of alkyl halides is 7. The van der Waals surface area contributed by atoms with Crippen LogP contribution in [0.25, 0.3) is 0 Å². The third-order valence-electron chi connectivity index (χ3n) is 2.19.